The van der Waals surface area contributed by atoms with Crippen LogP contribution in [0.3, 0.4) is 0 Å². The molecule has 5 nitrogen and oxygen atoms in total. The van der Waals surface area contributed by atoms with Gasteiger partial charge in [0, 0.05) is 18.9 Å². The predicted molar refractivity (Wildman–Crippen MR) is 118 cm³/mol. The fraction of sp³-hybridized carbons (Fsp3) is 0.462. The van der Waals surface area contributed by atoms with Crippen LogP contribution in [0.25, 0.3) is 0 Å². The van der Waals surface area contributed by atoms with Crippen LogP contribution in [0.1, 0.15) is 60.4 Å². The topological polar surface area (TPSA) is 73.6 Å². The van der Waals surface area contributed by atoms with Crippen LogP contribution in [-0.2, 0) is 22.5 Å². The fourth-order valence-electron chi connectivity index (χ4n) is 5.09. The number of halogens is 2. The number of hydrogen-bond donors (Lipinski definition) is 1. The van der Waals surface area contributed by atoms with Crippen LogP contribution in [0.5, 0.6) is 0 Å². The lowest BCUT2D eigenvalue weighted by atomic mass is 9.78. The highest BCUT2D eigenvalue weighted by Gasteiger charge is 2.37. The van der Waals surface area contributed by atoms with Crippen molar-refractivity contribution in [3.63, 3.8) is 0 Å². The Morgan fingerprint density at radius 2 is 1.76 bits per heavy atom. The van der Waals surface area contributed by atoms with Gasteiger partial charge in [-0.3, -0.25) is 9.63 Å². The Labute approximate surface area is 192 Å². The van der Waals surface area contributed by atoms with Crippen LogP contribution >= 0.6 is 0 Å². The van der Waals surface area contributed by atoms with E-state index in [9.17, 15) is 13.6 Å². The quantitative estimate of drug-likeness (QED) is 0.691. The molecule has 2 fully saturated rings. The number of amides is 1. The zero-order chi connectivity index (χ0) is 23.4. The first-order chi connectivity index (χ1) is 16.0. The first-order valence-electron chi connectivity index (χ1n) is 11.5. The van der Waals surface area contributed by atoms with E-state index in [-0.39, 0.29) is 29.8 Å². The molecular weight excluding hydrogens is 426 g/mol. The number of hydroxylamine groups is 2. The van der Waals surface area contributed by atoms with Gasteiger partial charge < -0.3 is 5.11 Å². The molecular formula is C26H28F2N2O3. The van der Waals surface area contributed by atoms with E-state index in [0.717, 1.165) is 43.2 Å². The first-order valence-corrected chi connectivity index (χ1v) is 11.5. The number of benzene rings is 2. The third-order valence-corrected chi connectivity index (χ3v) is 6.69. The molecule has 1 saturated heterocycles. The van der Waals surface area contributed by atoms with Gasteiger partial charge in [-0.1, -0.05) is 6.07 Å². The maximum absolute atomic E-state index is 13.9. The Morgan fingerprint density at radius 1 is 1.03 bits per heavy atom. The van der Waals surface area contributed by atoms with E-state index < -0.39 is 11.9 Å². The number of hydrogen-bond acceptors (Lipinski definition) is 4. The summed E-state index contributed by atoms with van der Waals surface area (Å²) in [5, 5.41) is 19.6. The van der Waals surface area contributed by atoms with E-state index in [1.165, 1.54) is 23.3 Å². The molecule has 2 aromatic rings. The zero-order valence-electron chi connectivity index (χ0n) is 18.5. The normalized spacial score (nSPS) is 22.8. The third kappa shape index (κ3) is 5.58. The Bertz CT molecular complexity index is 1040. The summed E-state index contributed by atoms with van der Waals surface area (Å²) in [6.07, 6.45) is 4.91. The molecule has 0 bridgehead atoms. The molecule has 1 N–H and O–H groups in total. The van der Waals surface area contributed by atoms with E-state index in [0.29, 0.717) is 30.9 Å². The summed E-state index contributed by atoms with van der Waals surface area (Å²) in [6.45, 7) is 0.364. The molecule has 0 radical (unpaired) electrons. The molecule has 1 amide bonds. The average molecular weight is 455 g/mol. The van der Waals surface area contributed by atoms with Gasteiger partial charge in [0.15, 0.2) is 0 Å². The number of nitriles is 1. The van der Waals surface area contributed by atoms with Crippen molar-refractivity contribution in [2.24, 2.45) is 11.8 Å². The summed E-state index contributed by atoms with van der Waals surface area (Å²) >= 11 is 0. The highest BCUT2D eigenvalue weighted by atomic mass is 19.1. The largest absolute Gasteiger partial charge is 0.396 e. The molecule has 1 saturated carbocycles. The summed E-state index contributed by atoms with van der Waals surface area (Å²) in [5.41, 5.74) is 2.53. The van der Waals surface area contributed by atoms with Crippen molar-refractivity contribution in [3.8, 4) is 6.07 Å². The number of nitrogens with zero attached hydrogens (tertiary/aromatic N) is 2. The molecule has 0 aromatic heterocycles. The molecule has 1 aliphatic heterocycles. The molecule has 1 heterocycles. The van der Waals surface area contributed by atoms with Crippen molar-refractivity contribution >= 4 is 5.91 Å². The Kier molecular flexibility index (Phi) is 7.36. The van der Waals surface area contributed by atoms with Crippen molar-refractivity contribution < 1.29 is 23.5 Å². The van der Waals surface area contributed by atoms with E-state index >= 15 is 0 Å². The molecule has 0 unspecified atom stereocenters. The van der Waals surface area contributed by atoms with Gasteiger partial charge in [-0.15, -0.1) is 0 Å². The van der Waals surface area contributed by atoms with Gasteiger partial charge in [-0.2, -0.15) is 5.26 Å². The lowest BCUT2D eigenvalue weighted by Crippen LogP contribution is -2.36. The minimum Gasteiger partial charge on any atom is -0.396 e. The predicted octanol–water partition coefficient (Wildman–Crippen LogP) is 4.63. The molecule has 174 valence electrons. The van der Waals surface area contributed by atoms with Gasteiger partial charge in [0.25, 0.3) is 0 Å². The second-order valence-corrected chi connectivity index (χ2v) is 9.05. The van der Waals surface area contributed by atoms with E-state index in [1.807, 2.05) is 12.1 Å². The van der Waals surface area contributed by atoms with E-state index in [2.05, 4.69) is 0 Å². The summed E-state index contributed by atoms with van der Waals surface area (Å²) in [5.74, 6) is -0.662. The summed E-state index contributed by atoms with van der Waals surface area (Å²) in [7, 11) is 0. The van der Waals surface area contributed by atoms with Crippen molar-refractivity contribution in [3.05, 3.63) is 70.3 Å². The highest BCUT2D eigenvalue weighted by Crippen LogP contribution is 2.37. The number of rotatable bonds is 6. The molecule has 7 heteroatoms. The summed E-state index contributed by atoms with van der Waals surface area (Å²) in [4.78, 5) is 18.9. The smallest absolute Gasteiger partial charge is 0.249 e. The maximum Gasteiger partial charge on any atom is 0.249 e. The highest BCUT2D eigenvalue weighted by molar-refractivity contribution is 5.78. The Morgan fingerprint density at radius 3 is 2.48 bits per heavy atom. The van der Waals surface area contributed by atoms with Crippen molar-refractivity contribution in [2.45, 2.75) is 51.0 Å². The number of aliphatic hydroxyl groups excluding tert-OH is 1. The van der Waals surface area contributed by atoms with Crippen LogP contribution in [-0.4, -0.2) is 29.3 Å². The number of carbonyl (C=O) groups is 1. The van der Waals surface area contributed by atoms with E-state index in [1.54, 1.807) is 12.1 Å². The molecule has 2 aliphatic rings. The molecule has 1 atom stereocenters. The molecule has 33 heavy (non-hydrogen) atoms. The van der Waals surface area contributed by atoms with Gasteiger partial charge in [0.2, 0.25) is 5.91 Å². The van der Waals surface area contributed by atoms with Crippen LogP contribution in [0.2, 0.25) is 0 Å². The first kappa shape index (κ1) is 23.3. The minimum atomic E-state index is -0.497. The maximum atomic E-state index is 13.9. The van der Waals surface area contributed by atoms with Crippen molar-refractivity contribution in [1.82, 2.24) is 5.06 Å². The number of carbonyl (C=O) groups excluding carboxylic acids is 1. The second kappa shape index (κ2) is 10.4. The molecule has 1 aliphatic carbocycles. The second-order valence-electron chi connectivity index (χ2n) is 9.05. The lowest BCUT2D eigenvalue weighted by molar-refractivity contribution is -0.183. The zero-order valence-corrected chi connectivity index (χ0v) is 18.5. The van der Waals surface area contributed by atoms with E-state index in [4.69, 9.17) is 15.2 Å². The molecule has 4 rings (SSSR count). The standard InChI is InChI=1S/C26H28F2N2O3/c27-23-12-18(5-7-31)10-19(13-23)9-17-1-3-21(4-2-17)26(32)30-25(6-8-33-30)22-11-20(16-29)14-24(28)15-22/h10-15,17,21,25,31H,1-9H2/t17-,21-,25-/m0/s1. The summed E-state index contributed by atoms with van der Waals surface area (Å²) in [6, 6.07) is 10.7. The van der Waals surface area contributed by atoms with Gasteiger partial charge in [-0.05, 0) is 91.5 Å². The lowest BCUT2D eigenvalue weighted by Gasteiger charge is -2.32. The summed E-state index contributed by atoms with van der Waals surface area (Å²) < 4.78 is 27.8. The van der Waals surface area contributed by atoms with Gasteiger partial charge in [0.05, 0.1) is 24.3 Å². The molecule has 0 spiro atoms. The molecule has 2 aromatic carbocycles. The Balaban J connectivity index is 1.37. The van der Waals surface area contributed by atoms with Crippen molar-refractivity contribution in [2.75, 3.05) is 13.2 Å². The SMILES string of the molecule is N#Cc1cc(F)cc([C@@H]2CCON2C(=O)[C@H]2CC[C@H](Cc3cc(F)cc(CCO)c3)CC2)c1. The minimum absolute atomic E-state index is 0.0108. The van der Waals surface area contributed by atoms with Crippen molar-refractivity contribution in [1.29, 1.82) is 5.26 Å². The Hall–Kier alpha value is -2.82. The van der Waals surface area contributed by atoms with Crippen LogP contribution in [0.15, 0.2) is 36.4 Å². The van der Waals surface area contributed by atoms with Crippen LogP contribution < -0.4 is 0 Å². The fourth-order valence-corrected chi connectivity index (χ4v) is 5.09. The monoisotopic (exact) mass is 454 g/mol. The third-order valence-electron chi connectivity index (χ3n) is 6.69. The van der Waals surface area contributed by atoms with Crippen LogP contribution in [0, 0.1) is 34.8 Å². The van der Waals surface area contributed by atoms with Crippen LogP contribution in [0.4, 0.5) is 8.78 Å². The van der Waals surface area contributed by atoms with Gasteiger partial charge >= 0.3 is 0 Å². The van der Waals surface area contributed by atoms with Gasteiger partial charge in [0.1, 0.15) is 11.6 Å². The van der Waals surface area contributed by atoms with Gasteiger partial charge in [-0.25, -0.2) is 13.8 Å². The average Bonchev–Trinajstić information content (AvgIpc) is 3.28. The number of aliphatic hydroxyl groups is 1.